The third kappa shape index (κ3) is 4.58. The third-order valence-corrected chi connectivity index (χ3v) is 1.84. The first-order valence-corrected chi connectivity index (χ1v) is 4.81. The Morgan fingerprint density at radius 1 is 1.21 bits per heavy atom. The van der Waals surface area contributed by atoms with E-state index in [1.54, 1.807) is 0 Å². The van der Waals surface area contributed by atoms with Gasteiger partial charge >= 0.3 is 5.97 Å². The van der Waals surface area contributed by atoms with Crippen LogP contribution in [-0.4, -0.2) is 22.3 Å². The predicted octanol–water partition coefficient (Wildman–Crippen LogP) is 2.38. The summed E-state index contributed by atoms with van der Waals surface area (Å²) >= 11 is 0. The summed E-state index contributed by atoms with van der Waals surface area (Å²) in [5.41, 5.74) is -1.74. The summed E-state index contributed by atoms with van der Waals surface area (Å²) in [5.74, 6) is -1.04. The van der Waals surface area contributed by atoms with Crippen LogP contribution in [0.3, 0.4) is 0 Å². The van der Waals surface area contributed by atoms with Crippen molar-refractivity contribution in [3.63, 3.8) is 0 Å². The van der Waals surface area contributed by atoms with E-state index in [4.69, 9.17) is 14.9 Å². The minimum Gasteiger partial charge on any atom is -0.479 e. The van der Waals surface area contributed by atoms with Crippen LogP contribution in [0.2, 0.25) is 0 Å². The molecule has 0 fully saturated rings. The Bertz CT molecular complexity index is 196. The van der Waals surface area contributed by atoms with Crippen molar-refractivity contribution < 1.29 is 19.7 Å². The molecule has 0 aliphatic carbocycles. The molecule has 0 spiro atoms. The van der Waals surface area contributed by atoms with Gasteiger partial charge in [-0.15, -0.1) is 0 Å². The molecule has 0 saturated carbocycles. The highest BCUT2D eigenvalue weighted by Gasteiger charge is 2.32. The molecule has 0 amide bonds. The first-order chi connectivity index (χ1) is 6.21. The lowest BCUT2D eigenvalue weighted by Crippen LogP contribution is -2.38. The maximum atomic E-state index is 10.7. The maximum absolute atomic E-state index is 10.7. The maximum Gasteiger partial charge on any atom is 0.338 e. The van der Waals surface area contributed by atoms with Crippen molar-refractivity contribution in [3.8, 4) is 0 Å². The first kappa shape index (κ1) is 13.4. The quantitative estimate of drug-likeness (QED) is 0.533. The van der Waals surface area contributed by atoms with E-state index in [0.717, 1.165) is 12.8 Å². The molecule has 4 heteroatoms. The van der Waals surface area contributed by atoms with Crippen LogP contribution in [0.5, 0.6) is 0 Å². The average molecular weight is 204 g/mol. The van der Waals surface area contributed by atoms with Crippen molar-refractivity contribution in [2.45, 2.75) is 58.7 Å². The molecule has 0 aliphatic rings. The molecule has 0 bridgehead atoms. The number of carboxylic acids is 1. The van der Waals surface area contributed by atoms with E-state index in [2.05, 4.69) is 0 Å². The first-order valence-electron chi connectivity index (χ1n) is 4.81. The molecule has 0 aliphatic heterocycles. The average Bonchev–Trinajstić information content (AvgIpc) is 2.01. The third-order valence-electron chi connectivity index (χ3n) is 1.84. The fraction of sp³-hybridized carbons (Fsp3) is 0.900. The molecule has 0 aromatic carbocycles. The van der Waals surface area contributed by atoms with E-state index in [9.17, 15) is 4.79 Å². The highest BCUT2D eigenvalue weighted by molar-refractivity contribution is 5.76. The van der Waals surface area contributed by atoms with Crippen LogP contribution in [-0.2, 0) is 14.6 Å². The Labute approximate surface area is 85.1 Å². The second kappa shape index (κ2) is 4.75. The van der Waals surface area contributed by atoms with Crippen LogP contribution in [0.25, 0.3) is 0 Å². The Hall–Kier alpha value is -0.610. The number of hydrogen-bond donors (Lipinski definition) is 1. The Morgan fingerprint density at radius 2 is 1.71 bits per heavy atom. The van der Waals surface area contributed by atoms with Gasteiger partial charge in [-0.2, -0.15) is 0 Å². The van der Waals surface area contributed by atoms with Crippen LogP contribution < -0.4 is 0 Å². The van der Waals surface area contributed by atoms with Gasteiger partial charge in [0.15, 0.2) is 5.60 Å². The number of rotatable bonds is 6. The molecule has 84 valence electrons. The molecule has 0 aromatic rings. The molecule has 0 saturated heterocycles. The summed E-state index contributed by atoms with van der Waals surface area (Å²) < 4.78 is 0. The van der Waals surface area contributed by atoms with Gasteiger partial charge < -0.3 is 5.11 Å². The largest absolute Gasteiger partial charge is 0.479 e. The summed E-state index contributed by atoms with van der Waals surface area (Å²) in [6.07, 6.45) is 1.78. The Balaban J connectivity index is 4.10. The summed E-state index contributed by atoms with van der Waals surface area (Å²) in [4.78, 5) is 20.7. The SMILES string of the molecule is CCCC(C)(C)OOC(C)(C)C(=O)O. The molecule has 0 aromatic heterocycles. The number of aliphatic carboxylic acids is 1. The van der Waals surface area contributed by atoms with Gasteiger partial charge in [0.1, 0.15) is 0 Å². The van der Waals surface area contributed by atoms with Crippen LogP contribution in [0.15, 0.2) is 0 Å². The van der Waals surface area contributed by atoms with Gasteiger partial charge in [-0.3, -0.25) is 0 Å². The van der Waals surface area contributed by atoms with Gasteiger partial charge in [-0.05, 0) is 34.1 Å². The van der Waals surface area contributed by atoms with Crippen molar-refractivity contribution in [1.82, 2.24) is 0 Å². The number of carbonyl (C=O) groups is 1. The lowest BCUT2D eigenvalue weighted by atomic mass is 10.0. The van der Waals surface area contributed by atoms with Crippen LogP contribution in [0, 0.1) is 0 Å². The zero-order chi connectivity index (χ0) is 11.4. The second-order valence-corrected chi connectivity index (χ2v) is 4.49. The van der Waals surface area contributed by atoms with E-state index >= 15 is 0 Å². The van der Waals surface area contributed by atoms with E-state index < -0.39 is 17.2 Å². The molecule has 4 nitrogen and oxygen atoms in total. The Morgan fingerprint density at radius 3 is 2.07 bits per heavy atom. The fourth-order valence-electron chi connectivity index (χ4n) is 0.896. The standard InChI is InChI=1S/C10H20O4/c1-6-7-9(2,3)13-14-10(4,5)8(11)12/h6-7H2,1-5H3,(H,11,12). The summed E-state index contributed by atoms with van der Waals surface area (Å²) in [7, 11) is 0. The highest BCUT2D eigenvalue weighted by Crippen LogP contribution is 2.20. The fourth-order valence-corrected chi connectivity index (χ4v) is 0.896. The zero-order valence-corrected chi connectivity index (χ0v) is 9.59. The molecule has 1 N–H and O–H groups in total. The van der Waals surface area contributed by atoms with Crippen LogP contribution in [0.4, 0.5) is 0 Å². The van der Waals surface area contributed by atoms with Crippen molar-refractivity contribution in [1.29, 1.82) is 0 Å². The van der Waals surface area contributed by atoms with Crippen LogP contribution in [0.1, 0.15) is 47.5 Å². The molecule has 0 heterocycles. The molecular weight excluding hydrogens is 184 g/mol. The minimum absolute atomic E-state index is 0.443. The van der Waals surface area contributed by atoms with Gasteiger partial charge in [0, 0.05) is 0 Å². The number of carboxylic acid groups (broad SMARTS) is 1. The summed E-state index contributed by atoms with van der Waals surface area (Å²) in [5, 5.41) is 8.76. The van der Waals surface area contributed by atoms with Crippen LogP contribution >= 0.6 is 0 Å². The summed E-state index contributed by atoms with van der Waals surface area (Å²) in [6.45, 7) is 8.69. The van der Waals surface area contributed by atoms with E-state index in [0.29, 0.717) is 0 Å². The van der Waals surface area contributed by atoms with E-state index in [1.807, 2.05) is 20.8 Å². The molecule has 0 atom stereocenters. The second-order valence-electron chi connectivity index (χ2n) is 4.49. The monoisotopic (exact) mass is 204 g/mol. The highest BCUT2D eigenvalue weighted by atomic mass is 17.2. The van der Waals surface area contributed by atoms with Crippen molar-refractivity contribution in [2.75, 3.05) is 0 Å². The van der Waals surface area contributed by atoms with Crippen molar-refractivity contribution in [2.24, 2.45) is 0 Å². The van der Waals surface area contributed by atoms with Gasteiger partial charge in [0.05, 0.1) is 5.60 Å². The minimum atomic E-state index is -1.30. The zero-order valence-electron chi connectivity index (χ0n) is 9.59. The van der Waals surface area contributed by atoms with E-state index in [-0.39, 0.29) is 0 Å². The molecule has 0 radical (unpaired) electrons. The van der Waals surface area contributed by atoms with Crippen molar-refractivity contribution in [3.05, 3.63) is 0 Å². The predicted molar refractivity (Wildman–Crippen MR) is 52.9 cm³/mol. The topological polar surface area (TPSA) is 55.8 Å². The van der Waals surface area contributed by atoms with Gasteiger partial charge in [0.2, 0.25) is 0 Å². The molecule has 0 rings (SSSR count). The molecule has 0 unspecified atom stereocenters. The van der Waals surface area contributed by atoms with Gasteiger partial charge in [0.25, 0.3) is 0 Å². The molecular formula is C10H20O4. The molecule has 14 heavy (non-hydrogen) atoms. The van der Waals surface area contributed by atoms with Crippen molar-refractivity contribution >= 4 is 5.97 Å². The normalized spacial score (nSPS) is 12.9. The summed E-state index contributed by atoms with van der Waals surface area (Å²) in [6, 6.07) is 0. The smallest absolute Gasteiger partial charge is 0.338 e. The van der Waals surface area contributed by atoms with Gasteiger partial charge in [-0.25, -0.2) is 14.6 Å². The Kier molecular flexibility index (Phi) is 4.55. The van der Waals surface area contributed by atoms with E-state index in [1.165, 1.54) is 13.8 Å². The van der Waals surface area contributed by atoms with Gasteiger partial charge in [-0.1, -0.05) is 13.3 Å². The lowest BCUT2D eigenvalue weighted by Gasteiger charge is -2.27. The number of hydrogen-bond acceptors (Lipinski definition) is 3. The lowest BCUT2D eigenvalue weighted by molar-refractivity contribution is -0.394.